The molecule has 0 atom stereocenters. The average molecular weight is 534 g/mol. The van der Waals surface area contributed by atoms with Crippen molar-refractivity contribution in [2.75, 3.05) is 5.73 Å². The third kappa shape index (κ3) is 8.65. The van der Waals surface area contributed by atoms with Crippen LogP contribution in [0.3, 0.4) is 0 Å². The number of halogens is 2. The van der Waals surface area contributed by atoms with Crippen molar-refractivity contribution >= 4 is 11.3 Å². The van der Waals surface area contributed by atoms with Gasteiger partial charge in [-0.15, -0.1) is 0 Å². The summed E-state index contributed by atoms with van der Waals surface area (Å²) in [7, 11) is 0. The molecule has 3 aliphatic carbocycles. The Morgan fingerprint density at radius 2 is 1.54 bits per heavy atom. The first-order valence-electron chi connectivity index (χ1n) is 15.1. The summed E-state index contributed by atoms with van der Waals surface area (Å²) < 4.78 is 29.0. The number of alkyl halides is 2. The van der Waals surface area contributed by atoms with E-state index in [0.29, 0.717) is 6.42 Å². The molecule has 0 unspecified atom stereocenters. The van der Waals surface area contributed by atoms with Crippen LogP contribution >= 0.6 is 0 Å². The van der Waals surface area contributed by atoms with Crippen molar-refractivity contribution in [2.24, 2.45) is 5.92 Å². The van der Waals surface area contributed by atoms with Gasteiger partial charge in [-0.05, 0) is 90.5 Å². The molecule has 1 nitrogen and oxygen atoms in total. The fourth-order valence-electron chi connectivity index (χ4n) is 5.68. The number of unbranched alkanes of at least 4 members (excludes halogenated alkanes) is 1. The highest BCUT2D eigenvalue weighted by atomic mass is 19.3. The van der Waals surface area contributed by atoms with Crippen molar-refractivity contribution in [3.05, 3.63) is 93.6 Å². The molecule has 0 saturated heterocycles. The molecule has 0 amide bonds. The Morgan fingerprint density at radius 1 is 0.872 bits per heavy atom. The van der Waals surface area contributed by atoms with Gasteiger partial charge in [0.15, 0.2) is 0 Å². The number of aryl methyl sites for hydroxylation is 2. The van der Waals surface area contributed by atoms with Crippen LogP contribution in [0.1, 0.15) is 114 Å². The standard InChI is InChI=1S/C26H27F2N.C6H12.C4H10/c1-17-10-12-18(13-11-17)25-21-15-14-20(29)16-19(21)6-5-8-23(25)22-7-3-4-9-24(22)26(2,27)28;1-6-4-2-3-5-6;1-3-4-2/h4,9-16H,3,5-8,29H2,1-2H3;6H,2-5H2,1H3;3-4H2,1-2H3. The maximum Gasteiger partial charge on any atom is 0.270 e. The van der Waals surface area contributed by atoms with Crippen LogP contribution in [0.25, 0.3) is 5.57 Å². The molecular formula is C36H49F2N. The van der Waals surface area contributed by atoms with Crippen LogP contribution in [0.4, 0.5) is 14.5 Å². The first-order valence-corrected chi connectivity index (χ1v) is 15.1. The molecule has 0 spiro atoms. The van der Waals surface area contributed by atoms with Crippen LogP contribution in [0, 0.1) is 12.8 Å². The molecule has 3 aliphatic rings. The molecule has 0 bridgehead atoms. The molecule has 3 heteroatoms. The van der Waals surface area contributed by atoms with Crippen LogP contribution in [-0.4, -0.2) is 5.92 Å². The number of fused-ring (bicyclic) bond motifs is 1. The zero-order chi connectivity index (χ0) is 28.4. The van der Waals surface area contributed by atoms with Crippen molar-refractivity contribution < 1.29 is 8.78 Å². The van der Waals surface area contributed by atoms with E-state index < -0.39 is 5.92 Å². The first-order chi connectivity index (χ1) is 18.7. The molecule has 5 rings (SSSR count). The van der Waals surface area contributed by atoms with E-state index >= 15 is 0 Å². The molecule has 2 aromatic carbocycles. The predicted octanol–water partition coefficient (Wildman–Crippen LogP) is 11.0. The van der Waals surface area contributed by atoms with Gasteiger partial charge in [-0.1, -0.05) is 107 Å². The maximum absolute atomic E-state index is 14.5. The van der Waals surface area contributed by atoms with Gasteiger partial charge in [0, 0.05) is 18.2 Å². The first kappa shape index (κ1) is 30.9. The Kier molecular flexibility index (Phi) is 11.6. The van der Waals surface area contributed by atoms with E-state index in [4.69, 9.17) is 5.73 Å². The smallest absolute Gasteiger partial charge is 0.270 e. The molecule has 1 saturated carbocycles. The van der Waals surface area contributed by atoms with Gasteiger partial charge in [-0.25, -0.2) is 8.78 Å². The molecule has 1 fully saturated rings. The third-order valence-electron chi connectivity index (χ3n) is 8.07. The van der Waals surface area contributed by atoms with E-state index in [0.717, 1.165) is 72.1 Å². The zero-order valence-electron chi connectivity index (χ0n) is 24.9. The Bertz CT molecular complexity index is 1150. The fraction of sp³-hybridized carbons (Fsp3) is 0.500. The van der Waals surface area contributed by atoms with Crippen LogP contribution in [-0.2, 0) is 6.42 Å². The highest BCUT2D eigenvalue weighted by Crippen LogP contribution is 2.44. The van der Waals surface area contributed by atoms with Crippen molar-refractivity contribution in [1.82, 2.24) is 0 Å². The Balaban J connectivity index is 0.000000355. The second kappa shape index (κ2) is 14.6. The Morgan fingerprint density at radius 3 is 2.10 bits per heavy atom. The van der Waals surface area contributed by atoms with Gasteiger partial charge < -0.3 is 5.73 Å². The Hall–Kier alpha value is -2.68. The lowest BCUT2D eigenvalue weighted by Crippen LogP contribution is -2.17. The summed E-state index contributed by atoms with van der Waals surface area (Å²) in [4.78, 5) is 0. The molecular weight excluding hydrogens is 484 g/mol. The molecule has 0 heterocycles. The average Bonchev–Trinajstić information content (AvgIpc) is 3.32. The number of anilines is 1. The highest BCUT2D eigenvalue weighted by molar-refractivity contribution is 5.87. The van der Waals surface area contributed by atoms with Gasteiger partial charge >= 0.3 is 0 Å². The molecule has 0 aromatic heterocycles. The van der Waals surface area contributed by atoms with Gasteiger partial charge in [0.2, 0.25) is 0 Å². The van der Waals surface area contributed by atoms with Crippen molar-refractivity contribution in [2.45, 2.75) is 111 Å². The lowest BCUT2D eigenvalue weighted by Gasteiger charge is -2.25. The van der Waals surface area contributed by atoms with Gasteiger partial charge in [-0.2, -0.15) is 0 Å². The van der Waals surface area contributed by atoms with E-state index in [1.54, 1.807) is 6.08 Å². The summed E-state index contributed by atoms with van der Waals surface area (Å²) in [6.07, 6.45) is 16.2. The molecule has 0 aliphatic heterocycles. The number of rotatable bonds is 4. The zero-order valence-corrected chi connectivity index (χ0v) is 24.9. The minimum Gasteiger partial charge on any atom is -0.399 e. The third-order valence-corrected chi connectivity index (χ3v) is 8.07. The van der Waals surface area contributed by atoms with Gasteiger partial charge in [0.05, 0.1) is 0 Å². The normalized spacial score (nSPS) is 17.6. The minimum atomic E-state index is -2.85. The minimum absolute atomic E-state index is 0.169. The van der Waals surface area contributed by atoms with Crippen LogP contribution in [0.5, 0.6) is 0 Å². The fourth-order valence-corrected chi connectivity index (χ4v) is 5.68. The summed E-state index contributed by atoms with van der Waals surface area (Å²) >= 11 is 0. The highest BCUT2D eigenvalue weighted by Gasteiger charge is 2.32. The number of hydrogen-bond acceptors (Lipinski definition) is 1. The predicted molar refractivity (Wildman–Crippen MR) is 165 cm³/mol. The van der Waals surface area contributed by atoms with Gasteiger partial charge in [-0.3, -0.25) is 0 Å². The van der Waals surface area contributed by atoms with Crippen molar-refractivity contribution in [1.29, 1.82) is 0 Å². The molecule has 39 heavy (non-hydrogen) atoms. The monoisotopic (exact) mass is 533 g/mol. The van der Waals surface area contributed by atoms with Crippen molar-refractivity contribution in [3.8, 4) is 0 Å². The summed E-state index contributed by atoms with van der Waals surface area (Å²) in [5.74, 6) is -1.81. The van der Waals surface area contributed by atoms with Gasteiger partial charge in [0.1, 0.15) is 0 Å². The van der Waals surface area contributed by atoms with Gasteiger partial charge in [0.25, 0.3) is 5.92 Å². The van der Waals surface area contributed by atoms with Crippen LogP contribution in [0.2, 0.25) is 0 Å². The number of nitrogens with two attached hydrogens (primary N) is 1. The lowest BCUT2D eigenvalue weighted by molar-refractivity contribution is 0.0659. The maximum atomic E-state index is 14.5. The molecule has 212 valence electrons. The van der Waals surface area contributed by atoms with Crippen molar-refractivity contribution in [3.63, 3.8) is 0 Å². The van der Waals surface area contributed by atoms with E-state index in [9.17, 15) is 8.78 Å². The summed E-state index contributed by atoms with van der Waals surface area (Å²) in [5.41, 5.74) is 14.5. The molecule has 0 radical (unpaired) electrons. The molecule has 2 aromatic rings. The SMILES string of the molecule is CC1CCCC1.CCCC.Cc1ccc(C2=C(C3=C(C(C)(F)F)C=CCC3)CCCc3cc(N)ccc32)cc1. The van der Waals surface area contributed by atoms with E-state index in [1.165, 1.54) is 49.7 Å². The topological polar surface area (TPSA) is 26.0 Å². The second-order valence-corrected chi connectivity index (χ2v) is 11.6. The van der Waals surface area contributed by atoms with E-state index in [-0.39, 0.29) is 5.57 Å². The lowest BCUT2D eigenvalue weighted by atomic mass is 9.81. The number of allylic oxidation sites excluding steroid dienone is 5. The van der Waals surface area contributed by atoms with Crippen LogP contribution in [0.15, 0.2) is 71.3 Å². The summed E-state index contributed by atoms with van der Waals surface area (Å²) in [6.45, 7) is 9.77. The number of benzene rings is 2. The van der Waals surface area contributed by atoms with E-state index in [2.05, 4.69) is 58.0 Å². The quantitative estimate of drug-likeness (QED) is 0.389. The van der Waals surface area contributed by atoms with Crippen LogP contribution < -0.4 is 5.73 Å². The number of hydrogen-bond donors (Lipinski definition) is 1. The largest absolute Gasteiger partial charge is 0.399 e. The number of nitrogen functional groups attached to an aromatic ring is 1. The molecule has 2 N–H and O–H groups in total. The Labute approximate surface area is 236 Å². The summed E-state index contributed by atoms with van der Waals surface area (Å²) in [6, 6.07) is 14.4. The van der Waals surface area contributed by atoms with E-state index in [1.807, 2.05) is 18.2 Å². The second-order valence-electron chi connectivity index (χ2n) is 11.6. The summed E-state index contributed by atoms with van der Waals surface area (Å²) in [5, 5.41) is 0.